The van der Waals surface area contributed by atoms with E-state index in [-0.39, 0.29) is 17.7 Å². The molecule has 3 saturated heterocycles. The summed E-state index contributed by atoms with van der Waals surface area (Å²) in [5.41, 5.74) is 2.39. The van der Waals surface area contributed by atoms with E-state index in [9.17, 15) is 9.59 Å². The van der Waals surface area contributed by atoms with Crippen LogP contribution in [-0.2, 0) is 9.59 Å². The molecular formula is C21H27N5O2. The summed E-state index contributed by atoms with van der Waals surface area (Å²) >= 11 is 0. The van der Waals surface area contributed by atoms with Gasteiger partial charge >= 0.3 is 0 Å². The second kappa shape index (κ2) is 6.88. The van der Waals surface area contributed by atoms with Crippen molar-refractivity contribution in [2.45, 2.75) is 44.4 Å². The number of carbonyl (C=O) groups is 2. The number of pyridine rings is 1. The van der Waals surface area contributed by atoms with E-state index in [1.807, 2.05) is 10.6 Å². The molecule has 0 radical (unpaired) electrons. The molecule has 2 amide bonds. The summed E-state index contributed by atoms with van der Waals surface area (Å²) in [5, 5.41) is 10.6. The SMILES string of the molecule is O=C1CCC(c2cnn3c(N4CCC5(CCNCC5)CC4)cccc23)C(=O)N1. The van der Waals surface area contributed by atoms with Gasteiger partial charge in [-0.3, -0.25) is 14.9 Å². The minimum Gasteiger partial charge on any atom is -0.357 e. The van der Waals surface area contributed by atoms with Gasteiger partial charge < -0.3 is 10.2 Å². The Labute approximate surface area is 164 Å². The van der Waals surface area contributed by atoms with Crippen LogP contribution in [0.15, 0.2) is 24.4 Å². The molecule has 0 saturated carbocycles. The molecule has 3 aliphatic heterocycles. The van der Waals surface area contributed by atoms with E-state index in [0.29, 0.717) is 18.3 Å². The molecule has 1 spiro atoms. The Morgan fingerprint density at radius 1 is 1.07 bits per heavy atom. The number of imide groups is 1. The second-order valence-corrected chi connectivity index (χ2v) is 8.52. The van der Waals surface area contributed by atoms with Crippen molar-refractivity contribution < 1.29 is 9.59 Å². The lowest BCUT2D eigenvalue weighted by molar-refractivity contribution is -0.134. The summed E-state index contributed by atoms with van der Waals surface area (Å²) in [6.45, 7) is 4.38. The van der Waals surface area contributed by atoms with Crippen LogP contribution in [0.4, 0.5) is 5.82 Å². The van der Waals surface area contributed by atoms with Crippen LogP contribution in [-0.4, -0.2) is 47.6 Å². The van der Waals surface area contributed by atoms with E-state index < -0.39 is 0 Å². The lowest BCUT2D eigenvalue weighted by Gasteiger charge is -2.45. The minimum atomic E-state index is -0.301. The van der Waals surface area contributed by atoms with Gasteiger partial charge in [-0.2, -0.15) is 5.10 Å². The molecule has 0 aliphatic carbocycles. The maximum Gasteiger partial charge on any atom is 0.234 e. The number of amides is 2. The van der Waals surface area contributed by atoms with Crippen LogP contribution >= 0.6 is 0 Å². The Morgan fingerprint density at radius 2 is 1.86 bits per heavy atom. The van der Waals surface area contributed by atoms with Crippen LogP contribution < -0.4 is 15.5 Å². The van der Waals surface area contributed by atoms with Crippen LogP contribution in [0.25, 0.3) is 5.52 Å². The number of piperidine rings is 3. The fourth-order valence-corrected chi connectivity index (χ4v) is 5.18. The summed E-state index contributed by atoms with van der Waals surface area (Å²) in [5.74, 6) is 0.408. The molecule has 3 aliphatic rings. The Bertz CT molecular complexity index is 905. The highest BCUT2D eigenvalue weighted by atomic mass is 16.2. The number of hydrogen-bond acceptors (Lipinski definition) is 5. The predicted octanol–water partition coefficient (Wildman–Crippen LogP) is 1.82. The van der Waals surface area contributed by atoms with Crippen LogP contribution in [0.2, 0.25) is 0 Å². The van der Waals surface area contributed by atoms with Crippen molar-refractivity contribution in [1.29, 1.82) is 0 Å². The summed E-state index contributed by atoms with van der Waals surface area (Å²) in [4.78, 5) is 26.2. The average molecular weight is 381 g/mol. The van der Waals surface area contributed by atoms with Crippen molar-refractivity contribution in [3.05, 3.63) is 30.0 Å². The summed E-state index contributed by atoms with van der Waals surface area (Å²) in [7, 11) is 0. The highest BCUT2D eigenvalue weighted by molar-refractivity contribution is 6.01. The predicted molar refractivity (Wildman–Crippen MR) is 106 cm³/mol. The van der Waals surface area contributed by atoms with E-state index in [0.717, 1.165) is 43.1 Å². The Morgan fingerprint density at radius 3 is 2.61 bits per heavy atom. The van der Waals surface area contributed by atoms with Gasteiger partial charge in [0.1, 0.15) is 5.82 Å². The molecule has 2 aromatic rings. The van der Waals surface area contributed by atoms with Crippen molar-refractivity contribution in [3.63, 3.8) is 0 Å². The van der Waals surface area contributed by atoms with E-state index in [1.54, 1.807) is 6.20 Å². The molecule has 1 atom stereocenters. The molecule has 0 bridgehead atoms. The van der Waals surface area contributed by atoms with E-state index in [1.165, 1.54) is 25.7 Å². The molecule has 5 rings (SSSR count). The van der Waals surface area contributed by atoms with Gasteiger partial charge in [-0.25, -0.2) is 4.52 Å². The first kappa shape index (κ1) is 17.7. The molecule has 5 heterocycles. The first-order valence-electron chi connectivity index (χ1n) is 10.4. The van der Waals surface area contributed by atoms with Gasteiger partial charge in [-0.1, -0.05) is 6.07 Å². The van der Waals surface area contributed by atoms with Crippen LogP contribution in [0.5, 0.6) is 0 Å². The summed E-state index contributed by atoms with van der Waals surface area (Å²) in [6.07, 6.45) is 7.77. The minimum absolute atomic E-state index is 0.182. The van der Waals surface area contributed by atoms with Gasteiger partial charge in [0.25, 0.3) is 0 Å². The normalized spacial score (nSPS) is 25.3. The van der Waals surface area contributed by atoms with E-state index in [4.69, 9.17) is 0 Å². The quantitative estimate of drug-likeness (QED) is 0.776. The molecule has 2 aromatic heterocycles. The number of aromatic nitrogens is 2. The van der Waals surface area contributed by atoms with Crippen molar-refractivity contribution in [2.75, 3.05) is 31.1 Å². The van der Waals surface area contributed by atoms with Gasteiger partial charge in [-0.15, -0.1) is 0 Å². The monoisotopic (exact) mass is 381 g/mol. The van der Waals surface area contributed by atoms with Crippen LogP contribution in [0.1, 0.15) is 50.0 Å². The number of anilines is 1. The molecule has 7 nitrogen and oxygen atoms in total. The zero-order valence-corrected chi connectivity index (χ0v) is 16.1. The van der Waals surface area contributed by atoms with Crippen molar-refractivity contribution in [1.82, 2.24) is 20.2 Å². The molecule has 1 unspecified atom stereocenters. The topological polar surface area (TPSA) is 78.7 Å². The fourth-order valence-electron chi connectivity index (χ4n) is 5.18. The summed E-state index contributed by atoms with van der Waals surface area (Å²) < 4.78 is 1.97. The highest BCUT2D eigenvalue weighted by Gasteiger charge is 2.36. The maximum atomic E-state index is 12.3. The third kappa shape index (κ3) is 2.98. The second-order valence-electron chi connectivity index (χ2n) is 8.52. The standard InChI is InChI=1S/C21H27N5O2/c27-18-5-4-15(20(28)24-18)16-14-23-26-17(16)2-1-3-19(26)25-12-8-21(9-13-25)6-10-22-11-7-21/h1-3,14-15,22H,4-13H2,(H,24,27,28). The maximum absolute atomic E-state index is 12.3. The number of nitrogens with one attached hydrogen (secondary N) is 2. The third-order valence-electron chi connectivity index (χ3n) is 6.98. The number of rotatable bonds is 2. The van der Waals surface area contributed by atoms with Crippen molar-refractivity contribution in [2.24, 2.45) is 5.41 Å². The number of nitrogens with zero attached hydrogens (tertiary/aromatic N) is 3. The van der Waals surface area contributed by atoms with Gasteiger partial charge in [-0.05, 0) is 62.7 Å². The van der Waals surface area contributed by atoms with Crippen LogP contribution in [0, 0.1) is 5.41 Å². The number of carbonyl (C=O) groups excluding carboxylic acids is 2. The third-order valence-corrected chi connectivity index (χ3v) is 6.98. The van der Waals surface area contributed by atoms with E-state index >= 15 is 0 Å². The lowest BCUT2D eigenvalue weighted by Crippen LogP contribution is -2.46. The lowest BCUT2D eigenvalue weighted by atomic mass is 9.71. The highest BCUT2D eigenvalue weighted by Crippen LogP contribution is 2.40. The van der Waals surface area contributed by atoms with Gasteiger partial charge in [0.15, 0.2) is 0 Å². The zero-order valence-electron chi connectivity index (χ0n) is 16.1. The van der Waals surface area contributed by atoms with Crippen molar-refractivity contribution >= 4 is 23.1 Å². The largest absolute Gasteiger partial charge is 0.357 e. The molecule has 7 heteroatoms. The fraction of sp³-hybridized carbons (Fsp3) is 0.571. The first-order chi connectivity index (χ1) is 13.7. The summed E-state index contributed by atoms with van der Waals surface area (Å²) in [6, 6.07) is 6.19. The van der Waals surface area contributed by atoms with Gasteiger partial charge in [0, 0.05) is 25.1 Å². The number of hydrogen-bond donors (Lipinski definition) is 2. The van der Waals surface area contributed by atoms with Crippen molar-refractivity contribution in [3.8, 4) is 0 Å². The average Bonchev–Trinajstić information content (AvgIpc) is 3.13. The smallest absolute Gasteiger partial charge is 0.234 e. The zero-order chi connectivity index (χ0) is 19.1. The molecule has 148 valence electrons. The number of fused-ring (bicyclic) bond motifs is 1. The Hall–Kier alpha value is -2.41. The van der Waals surface area contributed by atoms with Gasteiger partial charge in [0.2, 0.25) is 11.8 Å². The Kier molecular flexibility index (Phi) is 4.34. The van der Waals surface area contributed by atoms with Gasteiger partial charge in [0.05, 0.1) is 17.6 Å². The molecule has 28 heavy (non-hydrogen) atoms. The Balaban J connectivity index is 1.40. The first-order valence-corrected chi connectivity index (χ1v) is 10.4. The molecule has 2 N–H and O–H groups in total. The molecule has 3 fully saturated rings. The van der Waals surface area contributed by atoms with E-state index in [2.05, 4.69) is 32.8 Å². The molecular weight excluding hydrogens is 354 g/mol. The van der Waals surface area contributed by atoms with Crippen LogP contribution in [0.3, 0.4) is 0 Å². The molecule has 0 aromatic carbocycles.